The van der Waals surface area contributed by atoms with E-state index in [1.54, 1.807) is 30.3 Å². The van der Waals surface area contributed by atoms with E-state index in [1.807, 2.05) is 26.8 Å². The number of halogens is 1. The molecule has 0 aliphatic rings. The fourth-order valence-electron chi connectivity index (χ4n) is 3.12. The van der Waals surface area contributed by atoms with Crippen LogP contribution >= 0.6 is 0 Å². The van der Waals surface area contributed by atoms with Crippen LogP contribution in [0.2, 0.25) is 0 Å². The Bertz CT molecular complexity index is 1180. The van der Waals surface area contributed by atoms with Crippen molar-refractivity contribution < 1.29 is 19.1 Å². The highest BCUT2D eigenvalue weighted by Gasteiger charge is 2.19. The first-order chi connectivity index (χ1) is 15.2. The second kappa shape index (κ2) is 9.43. The third kappa shape index (κ3) is 5.18. The first-order valence-corrected chi connectivity index (χ1v) is 9.99. The summed E-state index contributed by atoms with van der Waals surface area (Å²) in [6, 6.07) is 17.2. The van der Waals surface area contributed by atoms with Gasteiger partial charge in [-0.3, -0.25) is 9.59 Å². The maximum absolute atomic E-state index is 13.9. The van der Waals surface area contributed by atoms with Crippen molar-refractivity contribution in [2.45, 2.75) is 26.2 Å². The maximum Gasteiger partial charge on any atom is 0.273 e. The summed E-state index contributed by atoms with van der Waals surface area (Å²) in [6.07, 6.45) is 1.35. The number of hydrogen-bond acceptors (Lipinski definition) is 4. The number of carbonyl (C=O) groups excluding carboxylic acids is 2. The molecule has 7 heteroatoms. The lowest BCUT2D eigenvalue weighted by Crippen LogP contribution is -2.21. The molecule has 0 bridgehead atoms. The van der Waals surface area contributed by atoms with Crippen LogP contribution in [0.15, 0.2) is 71.8 Å². The number of benzene rings is 3. The molecule has 3 aromatic carbocycles. The van der Waals surface area contributed by atoms with Crippen LogP contribution in [0.3, 0.4) is 0 Å². The summed E-state index contributed by atoms with van der Waals surface area (Å²) in [4.78, 5) is 25.1. The summed E-state index contributed by atoms with van der Waals surface area (Å²) in [5.74, 6) is -1.81. The van der Waals surface area contributed by atoms with Gasteiger partial charge in [-0.25, -0.2) is 9.82 Å². The van der Waals surface area contributed by atoms with Crippen molar-refractivity contribution in [2.75, 3.05) is 5.32 Å². The lowest BCUT2D eigenvalue weighted by atomic mass is 9.85. The molecule has 2 amide bonds. The van der Waals surface area contributed by atoms with Crippen molar-refractivity contribution in [3.63, 3.8) is 0 Å². The van der Waals surface area contributed by atoms with Gasteiger partial charge in [-0.2, -0.15) is 5.10 Å². The maximum atomic E-state index is 13.9. The van der Waals surface area contributed by atoms with Crippen molar-refractivity contribution in [3.8, 4) is 5.75 Å². The van der Waals surface area contributed by atoms with Crippen LogP contribution in [0.25, 0.3) is 0 Å². The number of phenolic OH excluding ortho intramolecular Hbond substituents is 1. The van der Waals surface area contributed by atoms with Gasteiger partial charge < -0.3 is 10.4 Å². The monoisotopic (exact) mass is 433 g/mol. The summed E-state index contributed by atoms with van der Waals surface area (Å²) in [6.45, 7) is 5.95. The molecular formula is C25H24FN3O3. The zero-order valence-corrected chi connectivity index (χ0v) is 18.0. The normalized spacial score (nSPS) is 11.4. The van der Waals surface area contributed by atoms with E-state index in [9.17, 15) is 19.1 Å². The zero-order valence-electron chi connectivity index (χ0n) is 18.0. The minimum absolute atomic E-state index is 0.0931. The van der Waals surface area contributed by atoms with Gasteiger partial charge in [-0.15, -0.1) is 0 Å². The molecule has 0 atom stereocenters. The van der Waals surface area contributed by atoms with Crippen molar-refractivity contribution in [1.82, 2.24) is 5.43 Å². The summed E-state index contributed by atoms with van der Waals surface area (Å²) in [5.41, 5.74) is 3.59. The minimum atomic E-state index is -0.671. The van der Waals surface area contributed by atoms with Crippen LogP contribution in [0, 0.1) is 5.82 Å². The SMILES string of the molecule is CC(C)(C)c1cccc(/C=N/NC(=O)c2ccccc2NC(=O)c2ccccc2F)c1O. The molecule has 3 aromatic rings. The second-order valence-corrected chi connectivity index (χ2v) is 8.17. The topological polar surface area (TPSA) is 90.8 Å². The molecule has 0 saturated carbocycles. The number of nitrogens with one attached hydrogen (secondary N) is 2. The van der Waals surface area contributed by atoms with Gasteiger partial charge in [0.25, 0.3) is 11.8 Å². The molecule has 0 saturated heterocycles. The van der Waals surface area contributed by atoms with Crippen LogP contribution in [-0.2, 0) is 5.41 Å². The van der Waals surface area contributed by atoms with Crippen LogP contribution in [0.5, 0.6) is 5.75 Å². The Morgan fingerprint density at radius 3 is 2.25 bits per heavy atom. The summed E-state index contributed by atoms with van der Waals surface area (Å²) < 4.78 is 13.9. The molecular weight excluding hydrogens is 409 g/mol. The molecule has 0 heterocycles. The van der Waals surface area contributed by atoms with E-state index >= 15 is 0 Å². The highest BCUT2D eigenvalue weighted by molar-refractivity contribution is 6.09. The molecule has 0 aliphatic heterocycles. The van der Waals surface area contributed by atoms with Gasteiger partial charge in [-0.05, 0) is 41.3 Å². The average Bonchev–Trinajstić information content (AvgIpc) is 2.74. The molecule has 0 aliphatic carbocycles. The van der Waals surface area contributed by atoms with Gasteiger partial charge in [0.2, 0.25) is 0 Å². The lowest BCUT2D eigenvalue weighted by Gasteiger charge is -2.21. The molecule has 3 N–H and O–H groups in total. The Balaban J connectivity index is 1.76. The van der Waals surface area contributed by atoms with Gasteiger partial charge in [0.05, 0.1) is 23.0 Å². The minimum Gasteiger partial charge on any atom is -0.507 e. The van der Waals surface area contributed by atoms with Crippen molar-refractivity contribution in [2.24, 2.45) is 5.10 Å². The lowest BCUT2D eigenvalue weighted by molar-refractivity contribution is 0.0956. The number of hydrazone groups is 1. The van der Waals surface area contributed by atoms with E-state index in [0.717, 1.165) is 5.56 Å². The molecule has 0 aromatic heterocycles. The number of rotatable bonds is 5. The Morgan fingerprint density at radius 2 is 1.56 bits per heavy atom. The Morgan fingerprint density at radius 1 is 0.906 bits per heavy atom. The molecule has 164 valence electrons. The Kier molecular flexibility index (Phi) is 6.68. The largest absolute Gasteiger partial charge is 0.507 e. The number of anilines is 1. The van der Waals surface area contributed by atoms with Crippen LogP contribution in [0.1, 0.15) is 52.6 Å². The third-order valence-electron chi connectivity index (χ3n) is 4.78. The molecule has 3 rings (SSSR count). The van der Waals surface area contributed by atoms with Gasteiger partial charge >= 0.3 is 0 Å². The molecule has 0 spiro atoms. The molecule has 0 radical (unpaired) electrons. The van der Waals surface area contributed by atoms with E-state index in [1.165, 1.54) is 36.5 Å². The predicted octanol–water partition coefficient (Wildman–Crippen LogP) is 4.85. The fraction of sp³-hybridized carbons (Fsp3) is 0.160. The quantitative estimate of drug-likeness (QED) is 0.397. The molecule has 0 unspecified atom stereocenters. The van der Waals surface area contributed by atoms with Crippen molar-refractivity contribution >= 4 is 23.7 Å². The Hall–Kier alpha value is -4.00. The standard InChI is InChI=1S/C25H24FN3O3/c1-25(2,3)19-12-8-9-16(22(19)30)15-27-29-24(32)18-11-5-7-14-21(18)28-23(31)17-10-4-6-13-20(17)26/h4-15,30H,1-3H3,(H,28,31)(H,29,32)/b27-15+. The third-order valence-corrected chi connectivity index (χ3v) is 4.78. The number of para-hydroxylation sites is 2. The van der Waals surface area contributed by atoms with Gasteiger partial charge in [-0.1, -0.05) is 57.2 Å². The highest BCUT2D eigenvalue weighted by atomic mass is 19.1. The first-order valence-electron chi connectivity index (χ1n) is 9.99. The van der Waals surface area contributed by atoms with E-state index in [0.29, 0.717) is 5.56 Å². The molecule has 0 fully saturated rings. The average molecular weight is 433 g/mol. The number of nitrogens with zero attached hydrogens (tertiary/aromatic N) is 1. The van der Waals surface area contributed by atoms with Crippen LogP contribution in [0.4, 0.5) is 10.1 Å². The fourth-order valence-corrected chi connectivity index (χ4v) is 3.12. The van der Waals surface area contributed by atoms with Crippen LogP contribution < -0.4 is 10.7 Å². The summed E-state index contributed by atoms with van der Waals surface area (Å²) in [7, 11) is 0. The van der Waals surface area contributed by atoms with E-state index in [2.05, 4.69) is 15.8 Å². The molecule has 6 nitrogen and oxygen atoms in total. The smallest absolute Gasteiger partial charge is 0.273 e. The van der Waals surface area contributed by atoms with Crippen LogP contribution in [-0.4, -0.2) is 23.1 Å². The van der Waals surface area contributed by atoms with Crippen molar-refractivity contribution in [1.29, 1.82) is 0 Å². The number of amides is 2. The summed E-state index contributed by atoms with van der Waals surface area (Å²) in [5, 5.41) is 17.0. The Labute approximate surface area is 185 Å². The molecule has 32 heavy (non-hydrogen) atoms. The zero-order chi connectivity index (χ0) is 23.3. The first kappa shape index (κ1) is 22.7. The van der Waals surface area contributed by atoms with E-state index in [-0.39, 0.29) is 28.0 Å². The van der Waals surface area contributed by atoms with Gasteiger partial charge in [0.15, 0.2) is 0 Å². The number of carbonyl (C=O) groups is 2. The van der Waals surface area contributed by atoms with E-state index < -0.39 is 17.6 Å². The summed E-state index contributed by atoms with van der Waals surface area (Å²) >= 11 is 0. The van der Waals surface area contributed by atoms with Gasteiger partial charge in [0, 0.05) is 5.56 Å². The number of hydrogen-bond donors (Lipinski definition) is 3. The second-order valence-electron chi connectivity index (χ2n) is 8.17. The number of aromatic hydroxyl groups is 1. The van der Waals surface area contributed by atoms with E-state index in [4.69, 9.17) is 0 Å². The van der Waals surface area contributed by atoms with Crippen molar-refractivity contribution in [3.05, 3.63) is 94.8 Å². The number of phenols is 1. The predicted molar refractivity (Wildman–Crippen MR) is 123 cm³/mol. The highest BCUT2D eigenvalue weighted by Crippen LogP contribution is 2.32. The van der Waals surface area contributed by atoms with Gasteiger partial charge in [0.1, 0.15) is 11.6 Å².